The van der Waals surface area contributed by atoms with E-state index in [2.05, 4.69) is 0 Å². The maximum atomic E-state index is 12.8. The molecule has 102 valence electrons. The summed E-state index contributed by atoms with van der Waals surface area (Å²) in [6, 6.07) is 5.47. The average Bonchev–Trinajstić information content (AvgIpc) is 2.39. The Morgan fingerprint density at radius 2 is 1.95 bits per heavy atom. The van der Waals surface area contributed by atoms with Crippen molar-refractivity contribution < 1.29 is 17.9 Å². The molecule has 0 unspecified atom stereocenters. The zero-order chi connectivity index (χ0) is 13.9. The van der Waals surface area contributed by atoms with Crippen LogP contribution in [0, 0.1) is 11.3 Å². The molecule has 1 aromatic rings. The summed E-state index contributed by atoms with van der Waals surface area (Å²) in [5.74, 6) is 0. The van der Waals surface area contributed by atoms with Gasteiger partial charge in [-0.1, -0.05) is 0 Å². The second-order valence-corrected chi connectivity index (χ2v) is 5.62. The van der Waals surface area contributed by atoms with Crippen LogP contribution >= 0.6 is 11.8 Å². The van der Waals surface area contributed by atoms with Gasteiger partial charge in [0.2, 0.25) is 0 Å². The Labute approximate surface area is 113 Å². The summed E-state index contributed by atoms with van der Waals surface area (Å²) >= 11 is 1.42. The van der Waals surface area contributed by atoms with Gasteiger partial charge in [0.05, 0.1) is 17.2 Å². The first-order chi connectivity index (χ1) is 9.00. The number of rotatable bonds is 2. The Hall–Kier alpha value is -1.19. The summed E-state index contributed by atoms with van der Waals surface area (Å²) in [7, 11) is 0. The molecule has 1 fully saturated rings. The van der Waals surface area contributed by atoms with E-state index in [0.717, 1.165) is 18.9 Å². The van der Waals surface area contributed by atoms with Crippen molar-refractivity contribution in [3.63, 3.8) is 0 Å². The number of halogens is 3. The molecule has 2 rings (SSSR count). The summed E-state index contributed by atoms with van der Waals surface area (Å²) in [6.07, 6.45) is -2.81. The Morgan fingerprint density at radius 1 is 1.26 bits per heavy atom. The average molecular weight is 287 g/mol. The van der Waals surface area contributed by atoms with Gasteiger partial charge in [-0.05, 0) is 31.0 Å². The first-order valence-electron chi connectivity index (χ1n) is 5.86. The van der Waals surface area contributed by atoms with Crippen LogP contribution in [-0.2, 0) is 10.9 Å². The standard InChI is InChI=1S/C13H12F3NOS/c14-13(15,16)12-7-11(2-1-9(12)8-17)19-10-3-5-18-6-4-10/h1-2,7,10H,3-6H2. The molecule has 6 heteroatoms. The van der Waals surface area contributed by atoms with Crippen LogP contribution in [0.4, 0.5) is 13.2 Å². The number of nitriles is 1. The third-order valence-corrected chi connectivity index (χ3v) is 4.22. The Kier molecular flexibility index (Phi) is 4.38. The molecule has 0 aliphatic carbocycles. The van der Waals surface area contributed by atoms with E-state index in [1.165, 1.54) is 17.8 Å². The fourth-order valence-electron chi connectivity index (χ4n) is 1.91. The van der Waals surface area contributed by atoms with E-state index >= 15 is 0 Å². The van der Waals surface area contributed by atoms with Crippen molar-refractivity contribution >= 4 is 11.8 Å². The van der Waals surface area contributed by atoms with Gasteiger partial charge in [-0.2, -0.15) is 18.4 Å². The van der Waals surface area contributed by atoms with Crippen LogP contribution < -0.4 is 0 Å². The largest absolute Gasteiger partial charge is 0.417 e. The predicted molar refractivity (Wildman–Crippen MR) is 65.9 cm³/mol. The van der Waals surface area contributed by atoms with Gasteiger partial charge in [0.1, 0.15) is 0 Å². The van der Waals surface area contributed by atoms with Crippen molar-refractivity contribution in [2.24, 2.45) is 0 Å². The molecule has 1 aromatic carbocycles. The van der Waals surface area contributed by atoms with Gasteiger partial charge in [0, 0.05) is 23.4 Å². The van der Waals surface area contributed by atoms with Crippen molar-refractivity contribution in [1.82, 2.24) is 0 Å². The maximum absolute atomic E-state index is 12.8. The van der Waals surface area contributed by atoms with Crippen molar-refractivity contribution in [3.8, 4) is 6.07 Å². The highest BCUT2D eigenvalue weighted by molar-refractivity contribution is 8.00. The lowest BCUT2D eigenvalue weighted by atomic mass is 10.1. The third kappa shape index (κ3) is 3.64. The number of alkyl halides is 3. The molecule has 0 spiro atoms. The van der Waals surface area contributed by atoms with Gasteiger partial charge in [-0.15, -0.1) is 11.8 Å². The fourth-order valence-corrected chi connectivity index (χ4v) is 3.06. The van der Waals surface area contributed by atoms with Gasteiger partial charge in [-0.25, -0.2) is 0 Å². The molecule has 0 aromatic heterocycles. The molecule has 0 bridgehead atoms. The van der Waals surface area contributed by atoms with Gasteiger partial charge in [0.25, 0.3) is 0 Å². The van der Waals surface area contributed by atoms with Gasteiger partial charge >= 0.3 is 6.18 Å². The van der Waals surface area contributed by atoms with Crippen molar-refractivity contribution in [2.75, 3.05) is 13.2 Å². The second kappa shape index (κ2) is 5.85. The summed E-state index contributed by atoms with van der Waals surface area (Å²) in [4.78, 5) is 0.554. The molecule has 2 nitrogen and oxygen atoms in total. The highest BCUT2D eigenvalue weighted by atomic mass is 32.2. The Morgan fingerprint density at radius 3 is 2.53 bits per heavy atom. The summed E-state index contributed by atoms with van der Waals surface area (Å²) in [5.41, 5.74) is -1.18. The topological polar surface area (TPSA) is 33.0 Å². The van der Waals surface area contributed by atoms with Gasteiger partial charge < -0.3 is 4.74 Å². The van der Waals surface area contributed by atoms with E-state index in [9.17, 15) is 13.2 Å². The first kappa shape index (κ1) is 14.2. The summed E-state index contributed by atoms with van der Waals surface area (Å²) in [6.45, 7) is 1.31. The minimum Gasteiger partial charge on any atom is -0.381 e. The summed E-state index contributed by atoms with van der Waals surface area (Å²) in [5, 5.41) is 9.00. The Bertz CT molecular complexity index is 490. The van der Waals surface area contributed by atoms with E-state index in [1.54, 1.807) is 12.1 Å². The predicted octanol–water partition coefficient (Wildman–Crippen LogP) is 3.85. The lowest BCUT2D eigenvalue weighted by molar-refractivity contribution is -0.137. The molecule has 0 amide bonds. The molecule has 0 atom stereocenters. The number of hydrogen-bond acceptors (Lipinski definition) is 3. The van der Waals surface area contributed by atoms with Gasteiger partial charge in [-0.3, -0.25) is 0 Å². The lowest BCUT2D eigenvalue weighted by Crippen LogP contribution is -2.17. The smallest absolute Gasteiger partial charge is 0.381 e. The van der Waals surface area contributed by atoms with E-state index in [1.807, 2.05) is 0 Å². The molecule has 1 aliphatic rings. The molecule has 1 saturated heterocycles. The number of nitrogens with zero attached hydrogens (tertiary/aromatic N) is 1. The first-order valence-corrected chi connectivity index (χ1v) is 6.74. The molecule has 0 saturated carbocycles. The normalized spacial score (nSPS) is 17.2. The van der Waals surface area contributed by atoms with Crippen LogP contribution in [0.3, 0.4) is 0 Å². The second-order valence-electron chi connectivity index (χ2n) is 4.25. The quantitative estimate of drug-likeness (QED) is 0.828. The zero-order valence-corrected chi connectivity index (χ0v) is 10.9. The highest BCUT2D eigenvalue weighted by Gasteiger charge is 2.34. The van der Waals surface area contributed by atoms with Crippen LogP contribution in [0.5, 0.6) is 0 Å². The molecule has 1 aliphatic heterocycles. The lowest BCUT2D eigenvalue weighted by Gasteiger charge is -2.21. The van der Waals surface area contributed by atoms with E-state index in [0.29, 0.717) is 18.1 Å². The van der Waals surface area contributed by atoms with Crippen LogP contribution in [0.15, 0.2) is 23.1 Å². The minimum absolute atomic E-state index is 0.280. The molecular formula is C13H12F3NOS. The SMILES string of the molecule is N#Cc1ccc(SC2CCOCC2)cc1C(F)(F)F. The van der Waals surface area contributed by atoms with Crippen LogP contribution in [-0.4, -0.2) is 18.5 Å². The fraction of sp³-hybridized carbons (Fsp3) is 0.462. The monoisotopic (exact) mass is 287 g/mol. The van der Waals surface area contributed by atoms with Crippen molar-refractivity contribution in [1.29, 1.82) is 5.26 Å². The van der Waals surface area contributed by atoms with E-state index < -0.39 is 11.7 Å². The van der Waals surface area contributed by atoms with Crippen LogP contribution in [0.25, 0.3) is 0 Å². The molecule has 19 heavy (non-hydrogen) atoms. The summed E-state index contributed by atoms with van der Waals surface area (Å²) < 4.78 is 43.7. The van der Waals surface area contributed by atoms with Gasteiger partial charge in [0.15, 0.2) is 0 Å². The Balaban J connectivity index is 2.20. The van der Waals surface area contributed by atoms with E-state index in [-0.39, 0.29) is 10.8 Å². The molecule has 0 N–H and O–H groups in total. The number of ether oxygens (including phenoxy) is 1. The molecule has 1 heterocycles. The van der Waals surface area contributed by atoms with Crippen LogP contribution in [0.2, 0.25) is 0 Å². The minimum atomic E-state index is -4.49. The zero-order valence-electron chi connectivity index (χ0n) is 10.0. The molecular weight excluding hydrogens is 275 g/mol. The van der Waals surface area contributed by atoms with Crippen molar-refractivity contribution in [2.45, 2.75) is 29.2 Å². The third-order valence-electron chi connectivity index (χ3n) is 2.89. The van der Waals surface area contributed by atoms with E-state index in [4.69, 9.17) is 10.00 Å². The number of thioether (sulfide) groups is 1. The van der Waals surface area contributed by atoms with Crippen LogP contribution in [0.1, 0.15) is 24.0 Å². The van der Waals surface area contributed by atoms with Crippen molar-refractivity contribution in [3.05, 3.63) is 29.3 Å². The maximum Gasteiger partial charge on any atom is 0.417 e. The number of hydrogen-bond donors (Lipinski definition) is 0. The number of benzene rings is 1. The highest BCUT2D eigenvalue weighted by Crippen LogP contribution is 2.36. The molecule has 0 radical (unpaired) electrons.